The summed E-state index contributed by atoms with van der Waals surface area (Å²) in [5.74, 6) is -0.561. The molecule has 0 fully saturated rings. The van der Waals surface area contributed by atoms with Crippen molar-refractivity contribution in [1.29, 1.82) is 0 Å². The van der Waals surface area contributed by atoms with Crippen molar-refractivity contribution in [3.8, 4) is 0 Å². The first-order chi connectivity index (χ1) is 8.28. The lowest BCUT2D eigenvalue weighted by atomic mass is 10.3. The van der Waals surface area contributed by atoms with E-state index < -0.39 is 15.8 Å². The molecule has 0 unspecified atom stereocenters. The lowest BCUT2D eigenvalue weighted by Gasteiger charge is -2.21. The smallest absolute Gasteiger partial charge is 0.245 e. The summed E-state index contributed by atoms with van der Waals surface area (Å²) in [6, 6.07) is 3.26. The van der Waals surface area contributed by atoms with Crippen LogP contribution in [0.15, 0.2) is 35.2 Å². The maximum absolute atomic E-state index is 12.9. The van der Waals surface area contributed by atoms with Gasteiger partial charge in [-0.3, -0.25) is 0 Å². The fourth-order valence-electron chi connectivity index (χ4n) is 1.56. The summed E-state index contributed by atoms with van der Waals surface area (Å²) in [5.41, 5.74) is 6.20. The van der Waals surface area contributed by atoms with Gasteiger partial charge in [-0.05, 0) is 25.1 Å². The molecule has 0 aliphatic heterocycles. The Balaban J connectivity index is 3.23. The summed E-state index contributed by atoms with van der Waals surface area (Å²) in [6.07, 6.45) is 0. The van der Waals surface area contributed by atoms with Crippen molar-refractivity contribution in [3.05, 3.63) is 36.2 Å². The number of benzene rings is 1. The number of hydrogen-bond acceptors (Lipinski definition) is 3. The maximum Gasteiger partial charge on any atom is 0.245 e. The Morgan fingerprint density at radius 1 is 1.50 bits per heavy atom. The number of halogens is 1. The number of hydrogen-bond donors (Lipinski definition) is 1. The van der Waals surface area contributed by atoms with Gasteiger partial charge in [-0.15, -0.1) is 0 Å². The van der Waals surface area contributed by atoms with E-state index >= 15 is 0 Å². The molecule has 0 spiro atoms. The molecule has 6 heteroatoms. The van der Waals surface area contributed by atoms with Crippen LogP contribution in [0.25, 0.3) is 0 Å². The Morgan fingerprint density at radius 3 is 2.56 bits per heavy atom. The Hall–Kier alpha value is -1.40. The lowest BCUT2D eigenvalue weighted by molar-refractivity contribution is 0.453. The van der Waals surface area contributed by atoms with Crippen molar-refractivity contribution in [2.45, 2.75) is 18.7 Å². The van der Waals surface area contributed by atoms with Gasteiger partial charge in [0.1, 0.15) is 10.7 Å². The van der Waals surface area contributed by atoms with Crippen LogP contribution in [-0.2, 0) is 10.0 Å². The van der Waals surface area contributed by atoms with Gasteiger partial charge >= 0.3 is 0 Å². The molecule has 0 heterocycles. The SMILES string of the molecule is C=C(C)CN(CC)S(=O)(=O)c1ccc(F)cc1N. The number of likely N-dealkylation sites (N-methyl/N-ethyl adjacent to an activating group) is 1. The molecule has 0 aromatic heterocycles. The highest BCUT2D eigenvalue weighted by Crippen LogP contribution is 2.23. The van der Waals surface area contributed by atoms with Crippen molar-refractivity contribution in [1.82, 2.24) is 4.31 Å². The topological polar surface area (TPSA) is 63.4 Å². The molecule has 0 saturated carbocycles. The normalized spacial score (nSPS) is 11.8. The zero-order valence-electron chi connectivity index (χ0n) is 10.5. The first kappa shape index (κ1) is 14.7. The number of nitrogen functional groups attached to an aromatic ring is 1. The van der Waals surface area contributed by atoms with Gasteiger partial charge in [0, 0.05) is 13.1 Å². The van der Waals surface area contributed by atoms with Gasteiger partial charge in [0.05, 0.1) is 5.69 Å². The van der Waals surface area contributed by atoms with Crippen LogP contribution in [-0.4, -0.2) is 25.8 Å². The summed E-state index contributed by atoms with van der Waals surface area (Å²) >= 11 is 0. The number of rotatable bonds is 5. The van der Waals surface area contributed by atoms with Gasteiger partial charge in [0.15, 0.2) is 0 Å². The molecule has 0 saturated heterocycles. The fraction of sp³-hybridized carbons (Fsp3) is 0.333. The Bertz CT molecular complexity index is 555. The van der Waals surface area contributed by atoms with Crippen molar-refractivity contribution < 1.29 is 12.8 Å². The van der Waals surface area contributed by atoms with Crippen LogP contribution < -0.4 is 5.73 Å². The highest BCUT2D eigenvalue weighted by molar-refractivity contribution is 7.89. The van der Waals surface area contributed by atoms with E-state index in [9.17, 15) is 12.8 Å². The number of sulfonamides is 1. The average Bonchev–Trinajstić information content (AvgIpc) is 2.24. The predicted octanol–water partition coefficient (Wildman–Crippen LogP) is 1.99. The second-order valence-electron chi connectivity index (χ2n) is 4.07. The summed E-state index contributed by atoms with van der Waals surface area (Å²) in [4.78, 5) is -0.0769. The molecule has 1 aromatic carbocycles. The fourth-order valence-corrected chi connectivity index (χ4v) is 3.17. The van der Waals surface area contributed by atoms with E-state index in [1.54, 1.807) is 13.8 Å². The Morgan fingerprint density at radius 2 is 2.11 bits per heavy atom. The molecule has 0 aliphatic carbocycles. The molecule has 0 radical (unpaired) electrons. The van der Waals surface area contributed by atoms with Crippen LogP contribution in [0.5, 0.6) is 0 Å². The minimum Gasteiger partial charge on any atom is -0.398 e. The third-order valence-corrected chi connectivity index (χ3v) is 4.38. The second-order valence-corrected chi connectivity index (χ2v) is 5.98. The summed E-state index contributed by atoms with van der Waals surface area (Å²) < 4.78 is 38.8. The van der Waals surface area contributed by atoms with Crippen LogP contribution in [0.4, 0.5) is 10.1 Å². The van der Waals surface area contributed by atoms with E-state index in [-0.39, 0.29) is 17.1 Å². The monoisotopic (exact) mass is 272 g/mol. The molecular weight excluding hydrogens is 255 g/mol. The second kappa shape index (κ2) is 5.49. The third-order valence-electron chi connectivity index (χ3n) is 2.39. The Kier molecular flexibility index (Phi) is 4.48. The molecule has 1 aromatic rings. The van der Waals surface area contributed by atoms with Gasteiger partial charge in [-0.2, -0.15) is 4.31 Å². The van der Waals surface area contributed by atoms with Gasteiger partial charge in [-0.1, -0.05) is 19.1 Å². The lowest BCUT2D eigenvalue weighted by Crippen LogP contribution is -2.32. The van der Waals surface area contributed by atoms with Crippen LogP contribution in [0, 0.1) is 5.82 Å². The first-order valence-electron chi connectivity index (χ1n) is 5.48. The molecule has 4 nitrogen and oxygen atoms in total. The largest absolute Gasteiger partial charge is 0.398 e. The molecule has 1 rings (SSSR count). The molecule has 2 N–H and O–H groups in total. The van der Waals surface area contributed by atoms with Crippen molar-refractivity contribution in [3.63, 3.8) is 0 Å². The van der Waals surface area contributed by atoms with Crippen LogP contribution in [0.2, 0.25) is 0 Å². The standard InChI is InChI=1S/C12H17FN2O2S/c1-4-15(8-9(2)3)18(16,17)12-6-5-10(13)7-11(12)14/h5-7H,2,4,8,14H2,1,3H3. The van der Waals surface area contributed by atoms with E-state index in [1.165, 1.54) is 10.4 Å². The quantitative estimate of drug-likeness (QED) is 0.658. The minimum atomic E-state index is -3.71. The zero-order valence-corrected chi connectivity index (χ0v) is 11.3. The molecule has 0 bridgehead atoms. The first-order valence-corrected chi connectivity index (χ1v) is 6.92. The van der Waals surface area contributed by atoms with E-state index in [4.69, 9.17) is 5.73 Å². The van der Waals surface area contributed by atoms with Crippen LogP contribution in [0.3, 0.4) is 0 Å². The molecular formula is C12H17FN2O2S. The van der Waals surface area contributed by atoms with Crippen LogP contribution in [0.1, 0.15) is 13.8 Å². The molecule has 0 amide bonds. The van der Waals surface area contributed by atoms with E-state index in [1.807, 2.05) is 0 Å². The summed E-state index contributed by atoms with van der Waals surface area (Å²) in [7, 11) is -3.71. The maximum atomic E-state index is 12.9. The highest BCUT2D eigenvalue weighted by Gasteiger charge is 2.25. The third kappa shape index (κ3) is 3.08. The highest BCUT2D eigenvalue weighted by atomic mass is 32.2. The van der Waals surface area contributed by atoms with Crippen molar-refractivity contribution in [2.75, 3.05) is 18.8 Å². The predicted molar refractivity (Wildman–Crippen MR) is 70.1 cm³/mol. The molecule has 0 aliphatic rings. The summed E-state index contributed by atoms with van der Waals surface area (Å²) in [5, 5.41) is 0. The molecule has 18 heavy (non-hydrogen) atoms. The van der Waals surface area contributed by atoms with Gasteiger partial charge in [0.25, 0.3) is 0 Å². The number of nitrogens with zero attached hydrogens (tertiary/aromatic N) is 1. The zero-order chi connectivity index (χ0) is 13.9. The van der Waals surface area contributed by atoms with E-state index in [0.29, 0.717) is 6.54 Å². The van der Waals surface area contributed by atoms with Crippen molar-refractivity contribution >= 4 is 15.7 Å². The van der Waals surface area contributed by atoms with Gasteiger partial charge in [-0.25, -0.2) is 12.8 Å². The van der Waals surface area contributed by atoms with Crippen molar-refractivity contribution in [2.24, 2.45) is 0 Å². The van der Waals surface area contributed by atoms with E-state index in [0.717, 1.165) is 17.7 Å². The van der Waals surface area contributed by atoms with E-state index in [2.05, 4.69) is 6.58 Å². The Labute approximate surface area is 107 Å². The van der Waals surface area contributed by atoms with Gasteiger partial charge in [0.2, 0.25) is 10.0 Å². The van der Waals surface area contributed by atoms with Crippen LogP contribution >= 0.6 is 0 Å². The average molecular weight is 272 g/mol. The molecule has 100 valence electrons. The minimum absolute atomic E-state index is 0.0769. The summed E-state index contributed by atoms with van der Waals surface area (Å²) in [6.45, 7) is 7.67. The number of nitrogens with two attached hydrogens (primary N) is 1. The molecule has 0 atom stereocenters. The van der Waals surface area contributed by atoms with Gasteiger partial charge < -0.3 is 5.73 Å². The number of anilines is 1.